The number of ether oxygens (including phenoxy) is 1. The molecule has 0 unspecified atom stereocenters. The largest absolute Gasteiger partial charge is 0.496 e. The summed E-state index contributed by atoms with van der Waals surface area (Å²) in [7, 11) is 1.69. The van der Waals surface area contributed by atoms with Crippen LogP contribution in [0.25, 0.3) is 0 Å². The Bertz CT molecular complexity index is 746. The highest BCUT2D eigenvalue weighted by Gasteiger charge is 2.36. The number of aromatic nitrogens is 3. The third-order valence-corrected chi connectivity index (χ3v) is 5.16. The van der Waals surface area contributed by atoms with Crippen LogP contribution in [0, 0.1) is 5.92 Å². The number of nitrogens with one attached hydrogen (secondary N) is 1. The predicted molar refractivity (Wildman–Crippen MR) is 92.0 cm³/mol. The van der Waals surface area contributed by atoms with E-state index in [4.69, 9.17) is 4.74 Å². The summed E-state index contributed by atoms with van der Waals surface area (Å²) in [4.78, 5) is 18.0. The number of amides is 1. The van der Waals surface area contributed by atoms with Gasteiger partial charge >= 0.3 is 0 Å². The first-order valence-corrected chi connectivity index (χ1v) is 8.71. The van der Waals surface area contributed by atoms with Crippen LogP contribution in [0.3, 0.4) is 0 Å². The third-order valence-electron chi connectivity index (χ3n) is 5.16. The fourth-order valence-electron chi connectivity index (χ4n) is 3.95. The zero-order valence-electron chi connectivity index (χ0n) is 14.4. The van der Waals surface area contributed by atoms with Gasteiger partial charge in [-0.15, -0.1) is 0 Å². The van der Waals surface area contributed by atoms with E-state index in [1.54, 1.807) is 18.1 Å². The van der Waals surface area contributed by atoms with Crippen LogP contribution in [-0.2, 0) is 17.9 Å². The molecule has 3 heterocycles. The van der Waals surface area contributed by atoms with Crippen LogP contribution in [0.2, 0.25) is 0 Å². The van der Waals surface area contributed by atoms with Crippen LogP contribution in [0.4, 0.5) is 0 Å². The van der Waals surface area contributed by atoms with Gasteiger partial charge in [-0.1, -0.05) is 6.07 Å². The molecule has 7 heteroatoms. The Morgan fingerprint density at radius 2 is 2.28 bits per heavy atom. The van der Waals surface area contributed by atoms with Crippen LogP contribution >= 0.6 is 0 Å². The lowest BCUT2D eigenvalue weighted by Gasteiger charge is -2.34. The molecule has 0 bridgehead atoms. The van der Waals surface area contributed by atoms with E-state index in [0.29, 0.717) is 24.9 Å². The molecular formula is C18H23N5O2. The lowest BCUT2D eigenvalue weighted by atomic mass is 9.93. The maximum atomic E-state index is 11.6. The number of carbonyl (C=O) groups is 1. The summed E-state index contributed by atoms with van der Waals surface area (Å²) >= 11 is 0. The number of piperidine rings is 1. The summed E-state index contributed by atoms with van der Waals surface area (Å²) in [5.74, 6) is 1.52. The first-order chi connectivity index (χ1) is 12.2. The number of likely N-dealkylation sites (tertiary alicyclic amines) is 1. The van der Waals surface area contributed by atoms with E-state index in [-0.39, 0.29) is 5.91 Å². The average molecular weight is 341 g/mol. The number of fused-ring (bicyclic) bond motifs is 1. The molecule has 0 radical (unpaired) electrons. The predicted octanol–water partition coefficient (Wildman–Crippen LogP) is 1.05. The summed E-state index contributed by atoms with van der Waals surface area (Å²) in [6, 6.07) is 6.70. The highest BCUT2D eigenvalue weighted by atomic mass is 16.5. The quantitative estimate of drug-likeness (QED) is 0.880. The molecule has 2 fully saturated rings. The normalized spacial score (nSPS) is 23.3. The molecule has 132 valence electrons. The molecule has 2 atom stereocenters. The second kappa shape index (κ2) is 6.84. The summed E-state index contributed by atoms with van der Waals surface area (Å²) < 4.78 is 7.28. The van der Waals surface area contributed by atoms with Gasteiger partial charge in [-0.2, -0.15) is 5.10 Å². The molecule has 25 heavy (non-hydrogen) atoms. The standard InChI is InChI=1S/C18H23N5O2/c1-25-17-3-2-13(6-15(17)10-23-12-19-11-20-23)8-22-5-4-16-14(9-22)7-18(24)21-16/h2-3,6,11-12,14,16H,4-5,7-10H2,1H3,(H,21,24)/t14-,16+/m1/s1. The van der Waals surface area contributed by atoms with Crippen molar-refractivity contribution in [2.24, 2.45) is 5.92 Å². The van der Waals surface area contributed by atoms with Gasteiger partial charge in [-0.3, -0.25) is 9.69 Å². The Balaban J connectivity index is 1.46. The van der Waals surface area contributed by atoms with Gasteiger partial charge in [0.2, 0.25) is 5.91 Å². The van der Waals surface area contributed by atoms with Gasteiger partial charge in [0.15, 0.2) is 0 Å². The van der Waals surface area contributed by atoms with Crippen molar-refractivity contribution in [3.8, 4) is 5.75 Å². The van der Waals surface area contributed by atoms with Crippen molar-refractivity contribution in [3.63, 3.8) is 0 Å². The van der Waals surface area contributed by atoms with Crippen LogP contribution in [-0.4, -0.2) is 51.8 Å². The Kier molecular flexibility index (Phi) is 4.40. The molecule has 2 aliphatic rings. The monoisotopic (exact) mass is 341 g/mol. The molecule has 1 aromatic heterocycles. The van der Waals surface area contributed by atoms with Crippen molar-refractivity contribution in [2.75, 3.05) is 20.2 Å². The zero-order valence-corrected chi connectivity index (χ0v) is 14.4. The van der Waals surface area contributed by atoms with Gasteiger partial charge in [-0.25, -0.2) is 9.67 Å². The van der Waals surface area contributed by atoms with Crippen LogP contribution in [0.5, 0.6) is 5.75 Å². The SMILES string of the molecule is COc1ccc(CN2CC[C@@H]3NC(=O)C[C@@H]3C2)cc1Cn1cncn1. The van der Waals surface area contributed by atoms with E-state index in [1.807, 2.05) is 6.07 Å². The first-order valence-electron chi connectivity index (χ1n) is 8.71. The van der Waals surface area contributed by atoms with Crippen molar-refractivity contribution >= 4 is 5.91 Å². The number of nitrogens with zero attached hydrogens (tertiary/aromatic N) is 4. The highest BCUT2D eigenvalue weighted by molar-refractivity contribution is 5.79. The highest BCUT2D eigenvalue weighted by Crippen LogP contribution is 2.27. The van der Waals surface area contributed by atoms with Crippen molar-refractivity contribution in [3.05, 3.63) is 42.0 Å². The Hall–Kier alpha value is -2.41. The Labute approximate surface area is 147 Å². The van der Waals surface area contributed by atoms with E-state index in [9.17, 15) is 4.79 Å². The first kappa shape index (κ1) is 16.1. The number of methoxy groups -OCH3 is 1. The lowest BCUT2D eigenvalue weighted by molar-refractivity contribution is -0.119. The second-order valence-electron chi connectivity index (χ2n) is 6.90. The van der Waals surface area contributed by atoms with E-state index >= 15 is 0 Å². The van der Waals surface area contributed by atoms with E-state index < -0.39 is 0 Å². The number of carbonyl (C=O) groups excluding carboxylic acids is 1. The molecule has 2 aliphatic heterocycles. The van der Waals surface area contributed by atoms with Gasteiger partial charge in [0, 0.05) is 43.6 Å². The van der Waals surface area contributed by atoms with Crippen LogP contribution in [0.1, 0.15) is 24.0 Å². The molecule has 0 spiro atoms. The maximum Gasteiger partial charge on any atom is 0.220 e. The molecule has 0 aliphatic carbocycles. The fourth-order valence-corrected chi connectivity index (χ4v) is 3.95. The maximum absolute atomic E-state index is 11.6. The summed E-state index contributed by atoms with van der Waals surface area (Å²) in [6.45, 7) is 3.53. The Morgan fingerprint density at radius 3 is 3.08 bits per heavy atom. The van der Waals surface area contributed by atoms with Gasteiger partial charge in [0.1, 0.15) is 18.4 Å². The van der Waals surface area contributed by atoms with Crippen LogP contribution in [0.15, 0.2) is 30.9 Å². The Morgan fingerprint density at radius 1 is 1.36 bits per heavy atom. The molecule has 4 rings (SSSR count). The number of rotatable bonds is 5. The molecule has 2 aromatic rings. The lowest BCUT2D eigenvalue weighted by Crippen LogP contribution is -2.44. The van der Waals surface area contributed by atoms with Gasteiger partial charge < -0.3 is 10.1 Å². The average Bonchev–Trinajstić information content (AvgIpc) is 3.23. The van der Waals surface area contributed by atoms with E-state index in [1.165, 1.54) is 11.9 Å². The summed E-state index contributed by atoms with van der Waals surface area (Å²) in [6.07, 6.45) is 4.96. The van der Waals surface area contributed by atoms with Gasteiger partial charge in [0.05, 0.1) is 13.7 Å². The molecule has 2 saturated heterocycles. The molecule has 7 nitrogen and oxygen atoms in total. The molecule has 0 saturated carbocycles. The van der Waals surface area contributed by atoms with Crippen molar-refractivity contribution in [1.29, 1.82) is 0 Å². The number of hydrogen-bond acceptors (Lipinski definition) is 5. The molecule has 1 amide bonds. The summed E-state index contributed by atoms with van der Waals surface area (Å²) in [5, 5.41) is 7.27. The van der Waals surface area contributed by atoms with Crippen molar-refractivity contribution in [1.82, 2.24) is 25.0 Å². The number of benzene rings is 1. The van der Waals surface area contributed by atoms with Gasteiger partial charge in [0.25, 0.3) is 0 Å². The number of hydrogen-bond donors (Lipinski definition) is 1. The summed E-state index contributed by atoms with van der Waals surface area (Å²) in [5.41, 5.74) is 2.35. The van der Waals surface area contributed by atoms with Crippen molar-refractivity contribution in [2.45, 2.75) is 32.0 Å². The molecule has 1 aromatic carbocycles. The minimum Gasteiger partial charge on any atom is -0.496 e. The van der Waals surface area contributed by atoms with E-state index in [2.05, 4.69) is 32.4 Å². The second-order valence-corrected chi connectivity index (χ2v) is 6.90. The van der Waals surface area contributed by atoms with E-state index in [0.717, 1.165) is 37.4 Å². The molecular weight excluding hydrogens is 318 g/mol. The minimum absolute atomic E-state index is 0.205. The zero-order chi connectivity index (χ0) is 17.2. The third kappa shape index (κ3) is 3.51. The fraction of sp³-hybridized carbons (Fsp3) is 0.500. The van der Waals surface area contributed by atoms with Gasteiger partial charge in [-0.05, 0) is 24.1 Å². The molecule has 1 N–H and O–H groups in total. The van der Waals surface area contributed by atoms with Crippen molar-refractivity contribution < 1.29 is 9.53 Å². The topological polar surface area (TPSA) is 72.3 Å². The smallest absolute Gasteiger partial charge is 0.220 e. The van der Waals surface area contributed by atoms with Crippen LogP contribution < -0.4 is 10.1 Å². The minimum atomic E-state index is 0.205.